The van der Waals surface area contributed by atoms with E-state index in [1.54, 1.807) is 19.0 Å². The molecule has 0 aromatic heterocycles. The van der Waals surface area contributed by atoms with Gasteiger partial charge in [-0.15, -0.1) is 5.56 Å². The fourth-order valence-electron chi connectivity index (χ4n) is 1.27. The van der Waals surface area contributed by atoms with Gasteiger partial charge in [0.15, 0.2) is 0 Å². The Labute approximate surface area is 123 Å². The van der Waals surface area contributed by atoms with Crippen LogP contribution in [0.1, 0.15) is 30.9 Å². The van der Waals surface area contributed by atoms with E-state index in [1.165, 1.54) is 5.56 Å². The molecule has 3 heteroatoms. The molecule has 0 N–H and O–H groups in total. The van der Waals surface area contributed by atoms with E-state index >= 15 is 0 Å². The van der Waals surface area contributed by atoms with Crippen molar-refractivity contribution in [1.29, 1.82) is 0 Å². The van der Waals surface area contributed by atoms with E-state index < -0.39 is 0 Å². The van der Waals surface area contributed by atoms with Crippen LogP contribution >= 0.6 is 0 Å². The van der Waals surface area contributed by atoms with Gasteiger partial charge in [-0.3, -0.25) is 4.79 Å². The fourth-order valence-corrected chi connectivity index (χ4v) is 1.27. The van der Waals surface area contributed by atoms with Crippen molar-refractivity contribution in [3.63, 3.8) is 0 Å². The standard InChI is InChI=1S/C13H18NO.Y/c1-10(2)12-7-5-11(6-8-12)9-13(15)14(3)4;/h5-7,10H,9H2,1-4H3;/q-1;. The summed E-state index contributed by atoms with van der Waals surface area (Å²) in [5.41, 5.74) is 2.22. The molecule has 0 saturated heterocycles. The zero-order chi connectivity index (χ0) is 11.4. The molecule has 0 unspecified atom stereocenters. The van der Waals surface area contributed by atoms with Crippen molar-refractivity contribution in [2.75, 3.05) is 14.1 Å². The van der Waals surface area contributed by atoms with Gasteiger partial charge in [0.05, 0.1) is 0 Å². The molecule has 1 radical (unpaired) electrons. The molecule has 0 bridgehead atoms. The van der Waals surface area contributed by atoms with Crippen molar-refractivity contribution in [3.8, 4) is 0 Å². The Morgan fingerprint density at radius 3 is 2.38 bits per heavy atom. The quantitative estimate of drug-likeness (QED) is 0.783. The van der Waals surface area contributed by atoms with Crippen LogP contribution in [0.2, 0.25) is 0 Å². The molecular weight excluding hydrogens is 275 g/mol. The number of benzene rings is 1. The Morgan fingerprint density at radius 2 is 2.00 bits per heavy atom. The summed E-state index contributed by atoms with van der Waals surface area (Å²) in [5.74, 6) is 0.615. The van der Waals surface area contributed by atoms with Crippen molar-refractivity contribution in [2.45, 2.75) is 26.2 Å². The maximum absolute atomic E-state index is 11.4. The van der Waals surface area contributed by atoms with E-state index in [-0.39, 0.29) is 38.6 Å². The van der Waals surface area contributed by atoms with Crippen LogP contribution in [-0.2, 0) is 43.9 Å². The van der Waals surface area contributed by atoms with Gasteiger partial charge in [-0.2, -0.15) is 29.8 Å². The molecule has 0 aliphatic carbocycles. The molecule has 0 fully saturated rings. The Kier molecular flexibility index (Phi) is 7.09. The van der Waals surface area contributed by atoms with E-state index in [9.17, 15) is 4.79 Å². The van der Waals surface area contributed by atoms with E-state index in [4.69, 9.17) is 0 Å². The second-order valence-corrected chi connectivity index (χ2v) is 4.27. The Balaban J connectivity index is 0.00000225. The molecular formula is C13H18NOY-. The molecule has 85 valence electrons. The zero-order valence-electron chi connectivity index (χ0n) is 10.4. The minimum atomic E-state index is 0. The Morgan fingerprint density at radius 1 is 1.38 bits per heavy atom. The summed E-state index contributed by atoms with van der Waals surface area (Å²) in [5, 5.41) is 0. The first kappa shape index (κ1) is 15.8. The molecule has 1 rings (SSSR count). The number of rotatable bonds is 3. The number of nitrogens with zero attached hydrogens (tertiary/aromatic N) is 1. The van der Waals surface area contributed by atoms with Gasteiger partial charge < -0.3 is 4.90 Å². The van der Waals surface area contributed by atoms with Crippen molar-refractivity contribution < 1.29 is 37.5 Å². The van der Waals surface area contributed by atoms with Gasteiger partial charge in [-0.05, 0) is 5.92 Å². The summed E-state index contributed by atoms with van der Waals surface area (Å²) in [7, 11) is 3.54. The maximum atomic E-state index is 11.4. The van der Waals surface area contributed by atoms with Gasteiger partial charge in [0.2, 0.25) is 5.91 Å². The van der Waals surface area contributed by atoms with Crippen LogP contribution in [0.5, 0.6) is 0 Å². The van der Waals surface area contributed by atoms with Gasteiger partial charge in [0.1, 0.15) is 0 Å². The number of carbonyl (C=O) groups is 1. The van der Waals surface area contributed by atoms with Crippen LogP contribution in [0.25, 0.3) is 0 Å². The van der Waals surface area contributed by atoms with Gasteiger partial charge in [-0.25, -0.2) is 0 Å². The molecule has 1 amide bonds. The van der Waals surface area contributed by atoms with Gasteiger partial charge >= 0.3 is 0 Å². The van der Waals surface area contributed by atoms with E-state index in [2.05, 4.69) is 19.9 Å². The minimum absolute atomic E-state index is 0. The van der Waals surface area contributed by atoms with Gasteiger partial charge in [0, 0.05) is 53.2 Å². The van der Waals surface area contributed by atoms with E-state index in [1.807, 2.05) is 18.2 Å². The first-order chi connectivity index (χ1) is 7.00. The Hall–Kier alpha value is -0.206. The van der Waals surface area contributed by atoms with E-state index in [0.717, 1.165) is 5.56 Å². The topological polar surface area (TPSA) is 20.3 Å². The SMILES string of the molecule is CC(C)c1[c-]cc(CC(=O)N(C)C)cc1.[Y]. The summed E-state index contributed by atoms with van der Waals surface area (Å²) in [4.78, 5) is 13.1. The first-order valence-corrected chi connectivity index (χ1v) is 5.21. The third kappa shape index (κ3) is 4.75. The maximum Gasteiger partial charge on any atom is 0.214 e. The zero-order valence-corrected chi connectivity index (χ0v) is 13.3. The van der Waals surface area contributed by atoms with Crippen LogP contribution < -0.4 is 0 Å². The largest absolute Gasteiger partial charge is 0.349 e. The third-order valence-corrected chi connectivity index (χ3v) is 2.38. The molecule has 1 aromatic carbocycles. The van der Waals surface area contributed by atoms with Crippen molar-refractivity contribution >= 4 is 5.91 Å². The first-order valence-electron chi connectivity index (χ1n) is 5.21. The Bertz CT molecular complexity index is 330. The molecule has 1 aromatic rings. The molecule has 0 atom stereocenters. The van der Waals surface area contributed by atoms with Gasteiger partial charge in [0.25, 0.3) is 0 Å². The average molecular weight is 293 g/mol. The summed E-state index contributed by atoms with van der Waals surface area (Å²) >= 11 is 0. The van der Waals surface area contributed by atoms with Gasteiger partial charge in [-0.1, -0.05) is 13.8 Å². The summed E-state index contributed by atoms with van der Waals surface area (Å²) in [6.45, 7) is 4.27. The molecule has 0 spiro atoms. The third-order valence-electron chi connectivity index (χ3n) is 2.38. The van der Waals surface area contributed by atoms with Crippen molar-refractivity contribution in [2.24, 2.45) is 0 Å². The number of hydrogen-bond donors (Lipinski definition) is 0. The van der Waals surface area contributed by atoms with Crippen molar-refractivity contribution in [1.82, 2.24) is 4.90 Å². The second kappa shape index (κ2) is 7.18. The second-order valence-electron chi connectivity index (χ2n) is 4.27. The molecule has 0 heterocycles. The number of likely N-dealkylation sites (N-methyl/N-ethyl adjacent to an activating group) is 1. The smallest absolute Gasteiger partial charge is 0.214 e. The predicted octanol–water partition coefficient (Wildman–Crippen LogP) is 2.24. The number of carbonyl (C=O) groups excluding carboxylic acids is 1. The predicted molar refractivity (Wildman–Crippen MR) is 61.8 cm³/mol. The van der Waals surface area contributed by atoms with Crippen LogP contribution in [0.3, 0.4) is 0 Å². The van der Waals surface area contributed by atoms with Crippen LogP contribution in [0.15, 0.2) is 18.2 Å². The number of hydrogen-bond acceptors (Lipinski definition) is 1. The van der Waals surface area contributed by atoms with Crippen LogP contribution in [-0.4, -0.2) is 24.9 Å². The summed E-state index contributed by atoms with van der Waals surface area (Å²) in [6, 6.07) is 9.18. The van der Waals surface area contributed by atoms with Crippen molar-refractivity contribution in [3.05, 3.63) is 35.4 Å². The normalized spacial score (nSPS) is 9.81. The molecule has 0 saturated carbocycles. The van der Waals surface area contributed by atoms with Crippen LogP contribution in [0, 0.1) is 6.07 Å². The van der Waals surface area contributed by atoms with E-state index in [0.29, 0.717) is 12.3 Å². The monoisotopic (exact) mass is 293 g/mol. The number of amides is 1. The molecule has 0 aliphatic rings. The minimum Gasteiger partial charge on any atom is -0.349 e. The molecule has 2 nitrogen and oxygen atoms in total. The fraction of sp³-hybridized carbons (Fsp3) is 0.462. The summed E-state index contributed by atoms with van der Waals surface area (Å²) in [6.07, 6.45) is 0.460. The molecule has 0 aliphatic heterocycles. The van der Waals surface area contributed by atoms with Crippen LogP contribution in [0.4, 0.5) is 0 Å². The molecule has 16 heavy (non-hydrogen) atoms. The average Bonchev–Trinajstić information content (AvgIpc) is 2.18. The summed E-state index contributed by atoms with van der Waals surface area (Å²) < 4.78 is 0.